The number of amides is 2. The Balaban J connectivity index is 1.76. The van der Waals surface area contributed by atoms with Crippen molar-refractivity contribution in [1.82, 2.24) is 9.88 Å². The Hall–Kier alpha value is -2.21. The van der Waals surface area contributed by atoms with Gasteiger partial charge in [0.25, 0.3) is 11.8 Å². The molecule has 0 aliphatic carbocycles. The SMILES string of the molecule is Cc1ccc(NC(=O)c2ccnc(C(=O)N3CCCC3)c2)cc1Br. The predicted molar refractivity (Wildman–Crippen MR) is 96.2 cm³/mol. The minimum absolute atomic E-state index is 0.111. The van der Waals surface area contributed by atoms with E-state index in [1.54, 1.807) is 17.0 Å². The molecule has 124 valence electrons. The summed E-state index contributed by atoms with van der Waals surface area (Å²) in [5.41, 5.74) is 2.52. The molecule has 1 fully saturated rings. The summed E-state index contributed by atoms with van der Waals surface area (Å²) in [4.78, 5) is 30.7. The van der Waals surface area contributed by atoms with Crippen molar-refractivity contribution < 1.29 is 9.59 Å². The highest BCUT2D eigenvalue weighted by molar-refractivity contribution is 9.10. The lowest BCUT2D eigenvalue weighted by Crippen LogP contribution is -2.28. The summed E-state index contributed by atoms with van der Waals surface area (Å²) < 4.78 is 0.930. The fourth-order valence-corrected chi connectivity index (χ4v) is 3.02. The standard InChI is InChI=1S/C18H18BrN3O2/c1-12-4-5-14(11-15(12)19)21-17(23)13-6-7-20-16(10-13)18(24)22-8-2-3-9-22/h4-7,10-11H,2-3,8-9H2,1H3,(H,21,23). The van der Waals surface area contributed by atoms with E-state index in [-0.39, 0.29) is 11.8 Å². The number of nitrogens with zero attached hydrogens (tertiary/aromatic N) is 2. The molecular formula is C18H18BrN3O2. The van der Waals surface area contributed by atoms with E-state index in [0.29, 0.717) is 16.9 Å². The molecule has 0 radical (unpaired) electrons. The molecule has 0 spiro atoms. The van der Waals surface area contributed by atoms with E-state index in [1.165, 1.54) is 6.20 Å². The van der Waals surface area contributed by atoms with Crippen LogP contribution in [0.15, 0.2) is 41.0 Å². The monoisotopic (exact) mass is 387 g/mol. The van der Waals surface area contributed by atoms with Crippen LogP contribution in [0.2, 0.25) is 0 Å². The predicted octanol–water partition coefficient (Wildman–Crippen LogP) is 3.64. The minimum atomic E-state index is -0.261. The average Bonchev–Trinajstić information content (AvgIpc) is 3.12. The summed E-state index contributed by atoms with van der Waals surface area (Å²) in [6.45, 7) is 3.50. The third-order valence-electron chi connectivity index (χ3n) is 4.06. The molecule has 1 N–H and O–H groups in total. The van der Waals surface area contributed by atoms with Gasteiger partial charge in [0, 0.05) is 35.0 Å². The number of nitrogens with one attached hydrogen (secondary N) is 1. The maximum Gasteiger partial charge on any atom is 0.272 e. The third-order valence-corrected chi connectivity index (χ3v) is 4.92. The molecule has 0 bridgehead atoms. The zero-order chi connectivity index (χ0) is 17.1. The van der Waals surface area contributed by atoms with Gasteiger partial charge in [-0.3, -0.25) is 14.6 Å². The summed E-state index contributed by atoms with van der Waals surface area (Å²) >= 11 is 3.45. The molecule has 3 rings (SSSR count). The highest BCUT2D eigenvalue weighted by Crippen LogP contribution is 2.21. The number of aryl methyl sites for hydroxylation is 1. The first-order valence-corrected chi connectivity index (χ1v) is 8.67. The smallest absolute Gasteiger partial charge is 0.272 e. The highest BCUT2D eigenvalue weighted by Gasteiger charge is 2.21. The van der Waals surface area contributed by atoms with Gasteiger partial charge < -0.3 is 10.2 Å². The summed E-state index contributed by atoms with van der Waals surface area (Å²) in [5, 5.41) is 2.84. The first-order chi connectivity index (χ1) is 11.5. The molecule has 2 aromatic rings. The van der Waals surface area contributed by atoms with Gasteiger partial charge in [-0.05, 0) is 49.6 Å². The molecule has 24 heavy (non-hydrogen) atoms. The van der Waals surface area contributed by atoms with Gasteiger partial charge in [0.2, 0.25) is 0 Å². The fourth-order valence-electron chi connectivity index (χ4n) is 2.64. The number of hydrogen-bond donors (Lipinski definition) is 1. The van der Waals surface area contributed by atoms with Crippen molar-refractivity contribution in [1.29, 1.82) is 0 Å². The normalized spacial score (nSPS) is 13.8. The first kappa shape index (κ1) is 16.6. The minimum Gasteiger partial charge on any atom is -0.337 e. The number of carbonyl (C=O) groups excluding carboxylic acids is 2. The quantitative estimate of drug-likeness (QED) is 0.874. The van der Waals surface area contributed by atoms with Crippen molar-refractivity contribution in [2.45, 2.75) is 19.8 Å². The molecule has 0 unspecified atom stereocenters. The van der Waals surface area contributed by atoms with Gasteiger partial charge in [-0.1, -0.05) is 22.0 Å². The van der Waals surface area contributed by atoms with Gasteiger partial charge in [-0.25, -0.2) is 0 Å². The van der Waals surface area contributed by atoms with Crippen LogP contribution in [0.4, 0.5) is 5.69 Å². The molecule has 6 heteroatoms. The third kappa shape index (κ3) is 3.64. The zero-order valence-corrected chi connectivity index (χ0v) is 15.0. The topological polar surface area (TPSA) is 62.3 Å². The van der Waals surface area contributed by atoms with Crippen molar-refractivity contribution in [2.75, 3.05) is 18.4 Å². The summed E-state index contributed by atoms with van der Waals surface area (Å²) in [6.07, 6.45) is 3.55. The number of benzene rings is 1. The summed E-state index contributed by atoms with van der Waals surface area (Å²) in [6, 6.07) is 8.79. The van der Waals surface area contributed by atoms with Crippen molar-refractivity contribution >= 4 is 33.4 Å². The fraction of sp³-hybridized carbons (Fsp3) is 0.278. The van der Waals surface area contributed by atoms with Crippen molar-refractivity contribution in [3.05, 3.63) is 57.8 Å². The molecule has 2 heterocycles. The number of likely N-dealkylation sites (tertiary alicyclic amines) is 1. The van der Waals surface area contributed by atoms with Crippen LogP contribution >= 0.6 is 15.9 Å². The lowest BCUT2D eigenvalue weighted by Gasteiger charge is -2.14. The summed E-state index contributed by atoms with van der Waals surface area (Å²) in [7, 11) is 0. The number of pyridine rings is 1. The van der Waals surface area contributed by atoms with Crippen molar-refractivity contribution in [2.24, 2.45) is 0 Å². The maximum absolute atomic E-state index is 12.4. The van der Waals surface area contributed by atoms with Crippen molar-refractivity contribution in [3.8, 4) is 0 Å². The lowest BCUT2D eigenvalue weighted by atomic mass is 10.2. The second-order valence-electron chi connectivity index (χ2n) is 5.85. The molecule has 1 aromatic carbocycles. The second-order valence-corrected chi connectivity index (χ2v) is 6.70. The molecule has 2 amide bonds. The number of hydrogen-bond acceptors (Lipinski definition) is 3. The maximum atomic E-state index is 12.4. The van der Waals surface area contributed by atoms with E-state index in [9.17, 15) is 9.59 Å². The van der Waals surface area contributed by atoms with E-state index >= 15 is 0 Å². The molecule has 0 saturated carbocycles. The lowest BCUT2D eigenvalue weighted by molar-refractivity contribution is 0.0787. The van der Waals surface area contributed by atoms with Crippen LogP contribution in [0.1, 0.15) is 39.3 Å². The highest BCUT2D eigenvalue weighted by atomic mass is 79.9. The Bertz CT molecular complexity index is 786. The van der Waals surface area contributed by atoms with Gasteiger partial charge in [0.1, 0.15) is 5.69 Å². The van der Waals surface area contributed by atoms with Crippen LogP contribution in [0.3, 0.4) is 0 Å². The van der Waals surface area contributed by atoms with E-state index in [4.69, 9.17) is 0 Å². The van der Waals surface area contributed by atoms with Crippen molar-refractivity contribution in [3.63, 3.8) is 0 Å². The van der Waals surface area contributed by atoms with Crippen LogP contribution in [0, 0.1) is 6.92 Å². The molecule has 0 atom stereocenters. The number of aromatic nitrogens is 1. The molecule has 1 aliphatic rings. The Morgan fingerprint density at radius 2 is 1.92 bits per heavy atom. The van der Waals surface area contributed by atoms with Gasteiger partial charge in [-0.15, -0.1) is 0 Å². The van der Waals surface area contributed by atoms with Crippen LogP contribution in [-0.4, -0.2) is 34.8 Å². The van der Waals surface area contributed by atoms with E-state index in [2.05, 4.69) is 26.2 Å². The molecule has 1 aliphatic heterocycles. The Labute approximate surface area is 149 Å². The van der Waals surface area contributed by atoms with Crippen LogP contribution in [-0.2, 0) is 0 Å². The Kier molecular flexibility index (Phi) is 4.94. The van der Waals surface area contributed by atoms with Crippen LogP contribution in [0.5, 0.6) is 0 Å². The van der Waals surface area contributed by atoms with Crippen LogP contribution < -0.4 is 5.32 Å². The van der Waals surface area contributed by atoms with Gasteiger partial charge >= 0.3 is 0 Å². The summed E-state index contributed by atoms with van der Waals surface area (Å²) in [5.74, 6) is -0.371. The number of halogens is 1. The molecule has 1 saturated heterocycles. The van der Waals surface area contributed by atoms with Gasteiger partial charge in [0.05, 0.1) is 0 Å². The second kappa shape index (κ2) is 7.13. The first-order valence-electron chi connectivity index (χ1n) is 7.87. The van der Waals surface area contributed by atoms with Crippen LogP contribution in [0.25, 0.3) is 0 Å². The average molecular weight is 388 g/mol. The number of anilines is 1. The zero-order valence-electron chi connectivity index (χ0n) is 13.4. The molecular weight excluding hydrogens is 370 g/mol. The number of carbonyl (C=O) groups is 2. The molecule has 1 aromatic heterocycles. The molecule has 5 nitrogen and oxygen atoms in total. The Morgan fingerprint density at radius 1 is 1.17 bits per heavy atom. The number of rotatable bonds is 3. The van der Waals surface area contributed by atoms with E-state index < -0.39 is 0 Å². The Morgan fingerprint density at radius 3 is 2.62 bits per heavy atom. The largest absolute Gasteiger partial charge is 0.337 e. The van der Waals surface area contributed by atoms with E-state index in [0.717, 1.165) is 36.0 Å². The van der Waals surface area contributed by atoms with Gasteiger partial charge in [-0.2, -0.15) is 0 Å². The van der Waals surface area contributed by atoms with Gasteiger partial charge in [0.15, 0.2) is 0 Å². The van der Waals surface area contributed by atoms with E-state index in [1.807, 2.05) is 25.1 Å².